The van der Waals surface area contributed by atoms with Crippen molar-refractivity contribution in [2.45, 2.75) is 6.42 Å². The van der Waals surface area contributed by atoms with Gasteiger partial charge in [0.15, 0.2) is 12.4 Å². The molecule has 2 aromatic carbocycles. The number of ketones is 1. The summed E-state index contributed by atoms with van der Waals surface area (Å²) in [5, 5.41) is 2.24. The van der Waals surface area contributed by atoms with Crippen molar-refractivity contribution < 1.29 is 22.7 Å². The fraction of sp³-hybridized carbons (Fsp3) is 0.222. The summed E-state index contributed by atoms with van der Waals surface area (Å²) in [4.78, 5) is 23.0. The molecule has 1 aliphatic heterocycles. The molecule has 0 unspecified atom stereocenters. The lowest BCUT2D eigenvalue weighted by Crippen LogP contribution is -2.37. The Morgan fingerprint density at radius 3 is 2.30 bits per heavy atom. The first-order valence-corrected chi connectivity index (χ1v) is 9.68. The van der Waals surface area contributed by atoms with Crippen molar-refractivity contribution in [2.75, 3.05) is 28.8 Å². The van der Waals surface area contributed by atoms with Crippen LogP contribution in [-0.4, -0.2) is 40.5 Å². The van der Waals surface area contributed by atoms with Gasteiger partial charge in [-0.1, -0.05) is 30.3 Å². The van der Waals surface area contributed by atoms with Gasteiger partial charge in [0, 0.05) is 20.0 Å². The van der Waals surface area contributed by atoms with Crippen LogP contribution in [0.1, 0.15) is 6.42 Å². The number of nitrogens with zero attached hydrogens (tertiary/aromatic N) is 2. The Labute approximate surface area is 157 Å². The summed E-state index contributed by atoms with van der Waals surface area (Å²) in [5.41, 5.74) is 1.54. The lowest BCUT2D eigenvalue weighted by Gasteiger charge is -2.21. The molecule has 1 amide bonds. The number of benzene rings is 2. The van der Waals surface area contributed by atoms with Crippen LogP contribution in [0.2, 0.25) is 0 Å². The van der Waals surface area contributed by atoms with Gasteiger partial charge in [-0.15, -0.1) is 0 Å². The van der Waals surface area contributed by atoms with Crippen molar-refractivity contribution in [3.8, 4) is 0 Å². The molecule has 0 saturated heterocycles. The highest BCUT2D eigenvalue weighted by Gasteiger charge is 2.40. The smallest absolute Gasteiger partial charge is 0.407 e. The van der Waals surface area contributed by atoms with E-state index < -0.39 is 22.9 Å². The maximum absolute atomic E-state index is 13.1. The van der Waals surface area contributed by atoms with E-state index in [2.05, 4.69) is 5.32 Å². The van der Waals surface area contributed by atoms with Crippen molar-refractivity contribution >= 4 is 39.1 Å². The molecule has 8 nitrogen and oxygen atoms in total. The minimum Gasteiger partial charge on any atom is -0.442 e. The molecule has 0 spiro atoms. The lowest BCUT2D eigenvalue weighted by molar-refractivity contribution is -0.121. The molecule has 0 fully saturated rings. The summed E-state index contributed by atoms with van der Waals surface area (Å²) in [6, 6.07) is 15.7. The Bertz CT molecular complexity index is 946. The molecule has 1 aliphatic rings. The zero-order chi connectivity index (χ0) is 19.4. The molecule has 3 rings (SSSR count). The van der Waals surface area contributed by atoms with Crippen LogP contribution in [0.15, 0.2) is 54.6 Å². The normalized spacial score (nSPS) is 14.6. The van der Waals surface area contributed by atoms with Gasteiger partial charge >= 0.3 is 16.3 Å². The Morgan fingerprint density at radius 1 is 1.00 bits per heavy atom. The Balaban J connectivity index is 1.82. The van der Waals surface area contributed by atoms with Crippen LogP contribution in [0.25, 0.3) is 0 Å². The van der Waals surface area contributed by atoms with Gasteiger partial charge in [0.1, 0.15) is 0 Å². The van der Waals surface area contributed by atoms with Crippen LogP contribution >= 0.6 is 0 Å². The van der Waals surface area contributed by atoms with Gasteiger partial charge in [-0.3, -0.25) is 9.10 Å². The predicted molar refractivity (Wildman–Crippen MR) is 101 cm³/mol. The molecule has 0 saturated carbocycles. The number of Topliss-reactive ketones (excluding diaryl/α,β-unsaturated/α-hetero) is 1. The standard InChI is InChI=1S/C18H19N3O5S/c1-19-18(23)26-13-15(22)11-12-20-16-9-5-6-10-17(16)21(27(20,24)25)14-7-3-2-4-8-14/h2-10H,11-13H2,1H3,(H,19,23). The number of alkyl carbamates (subject to hydrolysis) is 1. The Kier molecular flexibility index (Phi) is 5.31. The first-order valence-electron chi connectivity index (χ1n) is 8.28. The molecule has 2 aromatic rings. The van der Waals surface area contributed by atoms with Crippen molar-refractivity contribution in [1.29, 1.82) is 0 Å². The van der Waals surface area contributed by atoms with E-state index in [0.29, 0.717) is 17.1 Å². The number of rotatable bonds is 6. The van der Waals surface area contributed by atoms with Gasteiger partial charge in [0.25, 0.3) is 0 Å². The highest BCUT2D eigenvalue weighted by Crippen LogP contribution is 2.44. The van der Waals surface area contributed by atoms with E-state index >= 15 is 0 Å². The second-order valence-corrected chi connectivity index (χ2v) is 7.48. The van der Waals surface area contributed by atoms with Crippen molar-refractivity contribution in [1.82, 2.24) is 5.32 Å². The van der Waals surface area contributed by atoms with Crippen LogP contribution < -0.4 is 13.9 Å². The maximum Gasteiger partial charge on any atom is 0.407 e. The van der Waals surface area contributed by atoms with Gasteiger partial charge < -0.3 is 10.1 Å². The van der Waals surface area contributed by atoms with Crippen molar-refractivity contribution in [3.05, 3.63) is 54.6 Å². The van der Waals surface area contributed by atoms with Gasteiger partial charge in [-0.25, -0.2) is 9.10 Å². The Morgan fingerprint density at radius 2 is 1.63 bits per heavy atom. The number of para-hydroxylation sites is 3. The maximum atomic E-state index is 13.1. The van der Waals surface area contributed by atoms with E-state index in [9.17, 15) is 18.0 Å². The number of ether oxygens (including phenoxy) is 1. The second-order valence-electron chi connectivity index (χ2n) is 5.78. The summed E-state index contributed by atoms with van der Waals surface area (Å²) in [6.07, 6.45) is -0.787. The highest BCUT2D eigenvalue weighted by atomic mass is 32.2. The molecule has 142 valence electrons. The average molecular weight is 389 g/mol. The minimum atomic E-state index is -3.88. The molecule has 0 radical (unpaired) electrons. The molecule has 0 bridgehead atoms. The fourth-order valence-corrected chi connectivity index (χ4v) is 4.50. The molecule has 1 N–H and O–H groups in total. The zero-order valence-corrected chi connectivity index (χ0v) is 15.5. The molecular weight excluding hydrogens is 370 g/mol. The van der Waals surface area contributed by atoms with Crippen LogP contribution in [0.3, 0.4) is 0 Å². The first-order chi connectivity index (χ1) is 12.9. The molecule has 0 atom stereocenters. The lowest BCUT2D eigenvalue weighted by atomic mass is 10.2. The van der Waals surface area contributed by atoms with E-state index in [1.807, 2.05) is 0 Å². The summed E-state index contributed by atoms with van der Waals surface area (Å²) in [7, 11) is -2.49. The number of carbonyl (C=O) groups is 2. The zero-order valence-electron chi connectivity index (χ0n) is 14.7. The van der Waals surface area contributed by atoms with Gasteiger partial charge in [0.2, 0.25) is 0 Å². The second kappa shape index (κ2) is 7.67. The highest BCUT2D eigenvalue weighted by molar-refractivity contribution is 7.95. The summed E-state index contributed by atoms with van der Waals surface area (Å²) >= 11 is 0. The average Bonchev–Trinajstić information content (AvgIpc) is 2.90. The number of fused-ring (bicyclic) bond motifs is 1. The number of hydrogen-bond acceptors (Lipinski definition) is 5. The number of nitrogens with one attached hydrogen (secondary N) is 1. The molecule has 0 aromatic heterocycles. The van der Waals surface area contributed by atoms with Gasteiger partial charge in [-0.05, 0) is 24.3 Å². The number of carbonyl (C=O) groups excluding carboxylic acids is 2. The number of anilines is 3. The van der Waals surface area contributed by atoms with E-state index in [1.54, 1.807) is 54.6 Å². The van der Waals surface area contributed by atoms with E-state index in [-0.39, 0.29) is 18.7 Å². The topological polar surface area (TPSA) is 96.0 Å². The molecule has 9 heteroatoms. The summed E-state index contributed by atoms with van der Waals surface area (Å²) in [6.45, 7) is -0.448. The quantitative estimate of drug-likeness (QED) is 0.817. The Hall–Kier alpha value is -3.07. The molecular formula is C18H19N3O5S. The van der Waals surface area contributed by atoms with Crippen molar-refractivity contribution in [2.24, 2.45) is 0 Å². The fourth-order valence-electron chi connectivity index (χ4n) is 2.78. The monoisotopic (exact) mass is 389 g/mol. The predicted octanol–water partition coefficient (Wildman–Crippen LogP) is 2.20. The molecule has 1 heterocycles. The van der Waals surface area contributed by atoms with E-state index in [4.69, 9.17) is 4.74 Å². The summed E-state index contributed by atoms with van der Waals surface area (Å²) < 4.78 is 33.4. The van der Waals surface area contributed by atoms with Crippen LogP contribution in [0.4, 0.5) is 21.9 Å². The number of hydrogen-bond donors (Lipinski definition) is 1. The summed E-state index contributed by atoms with van der Waals surface area (Å²) in [5.74, 6) is -0.371. The van der Waals surface area contributed by atoms with E-state index in [0.717, 1.165) is 0 Å². The third kappa shape index (κ3) is 3.72. The largest absolute Gasteiger partial charge is 0.442 e. The van der Waals surface area contributed by atoms with Gasteiger partial charge in [0.05, 0.1) is 17.1 Å². The van der Waals surface area contributed by atoms with Gasteiger partial charge in [-0.2, -0.15) is 8.42 Å². The van der Waals surface area contributed by atoms with Crippen LogP contribution in [0, 0.1) is 0 Å². The van der Waals surface area contributed by atoms with Crippen molar-refractivity contribution in [3.63, 3.8) is 0 Å². The minimum absolute atomic E-state index is 0.0430. The number of amides is 1. The SMILES string of the molecule is CNC(=O)OCC(=O)CCN1c2ccccc2N(c2ccccc2)S1(=O)=O. The molecule has 0 aliphatic carbocycles. The van der Waals surface area contributed by atoms with Crippen LogP contribution in [-0.2, 0) is 19.7 Å². The van der Waals surface area contributed by atoms with E-state index in [1.165, 1.54) is 15.7 Å². The van der Waals surface area contributed by atoms with Crippen LogP contribution in [0.5, 0.6) is 0 Å². The first kappa shape index (κ1) is 18.7. The third-order valence-corrected chi connectivity index (χ3v) is 5.84. The molecule has 27 heavy (non-hydrogen) atoms. The third-order valence-electron chi connectivity index (χ3n) is 4.03.